The van der Waals surface area contributed by atoms with Gasteiger partial charge in [-0.1, -0.05) is 65.8 Å². The van der Waals surface area contributed by atoms with E-state index in [9.17, 15) is 9.59 Å². The Bertz CT molecular complexity index is 981. The Morgan fingerprint density at radius 2 is 1.59 bits per heavy atom. The molecule has 5 nitrogen and oxygen atoms in total. The highest BCUT2D eigenvalue weighted by Gasteiger charge is 2.18. The minimum atomic E-state index is -0.696. The summed E-state index contributed by atoms with van der Waals surface area (Å²) in [7, 11) is 0. The lowest BCUT2D eigenvalue weighted by molar-refractivity contribution is -0.116. The smallest absolute Gasteiger partial charge is 0.312 e. The molecule has 0 saturated carbocycles. The van der Waals surface area contributed by atoms with Crippen molar-refractivity contribution in [2.45, 2.75) is 22.3 Å². The van der Waals surface area contributed by atoms with Gasteiger partial charge in [-0.3, -0.25) is 4.79 Å². The van der Waals surface area contributed by atoms with Crippen LogP contribution in [0.25, 0.3) is 0 Å². The number of nitrogens with one attached hydrogen (secondary N) is 2. The second kappa shape index (κ2) is 10.0. The monoisotopic (exact) mass is 425 g/mol. The Balaban J connectivity index is 1.73. The molecule has 3 aromatic carbocycles. The van der Waals surface area contributed by atoms with E-state index in [1.54, 1.807) is 36.0 Å². The average molecular weight is 426 g/mol. The van der Waals surface area contributed by atoms with Crippen molar-refractivity contribution in [1.29, 1.82) is 0 Å². The highest BCUT2D eigenvalue weighted by atomic mass is 35.5. The molecule has 0 aromatic heterocycles. The standard InChI is InChI=1S/C22H20ClN3O2S/c23-16-12-10-15(11-13-16)19(26-22(24)28)14-21(27)25-18-8-4-5-9-20(18)29-17-6-2-1-3-7-17/h1-13,19H,14H2,(H,25,27)(H3,24,26,28). The van der Waals surface area contributed by atoms with E-state index in [-0.39, 0.29) is 12.3 Å². The highest BCUT2D eigenvalue weighted by Crippen LogP contribution is 2.33. The maximum atomic E-state index is 12.7. The summed E-state index contributed by atoms with van der Waals surface area (Å²) in [5.41, 5.74) is 6.74. The zero-order valence-corrected chi connectivity index (χ0v) is 17.0. The first-order chi connectivity index (χ1) is 14.0. The molecule has 1 atom stereocenters. The van der Waals surface area contributed by atoms with Crippen LogP contribution >= 0.6 is 23.4 Å². The van der Waals surface area contributed by atoms with Crippen molar-refractivity contribution < 1.29 is 9.59 Å². The van der Waals surface area contributed by atoms with Gasteiger partial charge in [0, 0.05) is 14.8 Å². The predicted molar refractivity (Wildman–Crippen MR) is 117 cm³/mol. The van der Waals surface area contributed by atoms with Crippen molar-refractivity contribution in [2.75, 3.05) is 5.32 Å². The zero-order valence-electron chi connectivity index (χ0n) is 15.5. The van der Waals surface area contributed by atoms with Gasteiger partial charge in [0.25, 0.3) is 0 Å². The predicted octanol–water partition coefficient (Wildman–Crippen LogP) is 5.23. The van der Waals surface area contributed by atoms with E-state index in [2.05, 4.69) is 10.6 Å². The Hall–Kier alpha value is -2.96. The van der Waals surface area contributed by atoms with Crippen molar-refractivity contribution in [3.63, 3.8) is 0 Å². The molecule has 3 rings (SSSR count). The molecule has 29 heavy (non-hydrogen) atoms. The SMILES string of the molecule is NC(=O)NC(CC(=O)Nc1ccccc1Sc1ccccc1)c1ccc(Cl)cc1. The quantitative estimate of drug-likeness (QED) is 0.484. The number of hydrogen-bond donors (Lipinski definition) is 3. The van der Waals surface area contributed by atoms with Crippen LogP contribution in [0.15, 0.2) is 88.7 Å². The highest BCUT2D eigenvalue weighted by molar-refractivity contribution is 7.99. The number of rotatable bonds is 7. The van der Waals surface area contributed by atoms with Gasteiger partial charge in [-0.25, -0.2) is 4.79 Å². The first-order valence-corrected chi connectivity index (χ1v) is 10.1. The molecule has 1 unspecified atom stereocenters. The number of benzene rings is 3. The Morgan fingerprint density at radius 1 is 0.931 bits per heavy atom. The lowest BCUT2D eigenvalue weighted by Gasteiger charge is -2.18. The van der Waals surface area contributed by atoms with Crippen LogP contribution in [0.3, 0.4) is 0 Å². The van der Waals surface area contributed by atoms with Crippen LogP contribution in [0.5, 0.6) is 0 Å². The number of nitrogens with two attached hydrogens (primary N) is 1. The lowest BCUT2D eigenvalue weighted by Crippen LogP contribution is -2.35. The van der Waals surface area contributed by atoms with Crippen LogP contribution in [0.4, 0.5) is 10.5 Å². The van der Waals surface area contributed by atoms with Gasteiger partial charge in [-0.2, -0.15) is 0 Å². The fraction of sp³-hybridized carbons (Fsp3) is 0.0909. The summed E-state index contributed by atoms with van der Waals surface area (Å²) in [6.45, 7) is 0. The molecule has 3 aromatic rings. The maximum Gasteiger partial charge on any atom is 0.312 e. The van der Waals surface area contributed by atoms with Gasteiger partial charge in [-0.05, 0) is 42.0 Å². The Kier molecular flexibility index (Phi) is 7.16. The van der Waals surface area contributed by atoms with E-state index >= 15 is 0 Å². The number of hydrogen-bond acceptors (Lipinski definition) is 3. The van der Waals surface area contributed by atoms with Gasteiger partial charge in [0.15, 0.2) is 0 Å². The van der Waals surface area contributed by atoms with Crippen molar-refractivity contribution in [3.05, 3.63) is 89.4 Å². The van der Waals surface area contributed by atoms with Gasteiger partial charge >= 0.3 is 6.03 Å². The number of para-hydroxylation sites is 1. The topological polar surface area (TPSA) is 84.2 Å². The largest absolute Gasteiger partial charge is 0.352 e. The Labute approximate surface area is 178 Å². The molecule has 7 heteroatoms. The third-order valence-electron chi connectivity index (χ3n) is 4.11. The molecule has 0 aliphatic rings. The molecule has 148 valence electrons. The van der Waals surface area contributed by atoms with Crippen molar-refractivity contribution in [1.82, 2.24) is 5.32 Å². The summed E-state index contributed by atoms with van der Waals surface area (Å²) in [4.78, 5) is 26.1. The molecular formula is C22H20ClN3O2S. The number of anilines is 1. The molecule has 0 aliphatic carbocycles. The first-order valence-electron chi connectivity index (χ1n) is 8.94. The molecule has 3 amide bonds. The normalized spacial score (nSPS) is 11.5. The van der Waals surface area contributed by atoms with Gasteiger partial charge < -0.3 is 16.4 Å². The number of halogens is 1. The maximum absolute atomic E-state index is 12.7. The third kappa shape index (κ3) is 6.27. The van der Waals surface area contributed by atoms with Gasteiger partial charge in [-0.15, -0.1) is 0 Å². The van der Waals surface area contributed by atoms with Crippen LogP contribution < -0.4 is 16.4 Å². The van der Waals surface area contributed by atoms with E-state index in [1.165, 1.54) is 0 Å². The van der Waals surface area contributed by atoms with E-state index < -0.39 is 12.1 Å². The molecule has 4 N–H and O–H groups in total. The Morgan fingerprint density at radius 3 is 2.28 bits per heavy atom. The fourth-order valence-electron chi connectivity index (χ4n) is 2.78. The molecule has 0 radical (unpaired) electrons. The summed E-state index contributed by atoms with van der Waals surface area (Å²) in [6, 6.07) is 23.2. The van der Waals surface area contributed by atoms with Gasteiger partial charge in [0.1, 0.15) is 0 Å². The molecule has 0 bridgehead atoms. The minimum absolute atomic E-state index is 0.0366. The third-order valence-corrected chi connectivity index (χ3v) is 5.45. The van der Waals surface area contributed by atoms with E-state index in [4.69, 9.17) is 17.3 Å². The van der Waals surface area contributed by atoms with Crippen molar-refractivity contribution >= 4 is 41.0 Å². The summed E-state index contributed by atoms with van der Waals surface area (Å²) < 4.78 is 0. The minimum Gasteiger partial charge on any atom is -0.352 e. The van der Waals surface area contributed by atoms with E-state index in [0.717, 1.165) is 15.4 Å². The van der Waals surface area contributed by atoms with Crippen LogP contribution in [0.2, 0.25) is 5.02 Å². The van der Waals surface area contributed by atoms with Crippen molar-refractivity contribution in [2.24, 2.45) is 5.73 Å². The summed E-state index contributed by atoms with van der Waals surface area (Å²) in [5.74, 6) is -0.236. The molecule has 0 heterocycles. The fourth-order valence-corrected chi connectivity index (χ4v) is 3.83. The number of amides is 3. The molecule has 0 saturated heterocycles. The molecular weight excluding hydrogens is 406 g/mol. The zero-order chi connectivity index (χ0) is 20.6. The number of urea groups is 1. The van der Waals surface area contributed by atoms with Crippen molar-refractivity contribution in [3.8, 4) is 0 Å². The molecule has 0 aliphatic heterocycles. The number of carbonyl (C=O) groups is 2. The number of primary amides is 1. The second-order valence-electron chi connectivity index (χ2n) is 6.28. The first kappa shape index (κ1) is 20.8. The van der Waals surface area contributed by atoms with E-state index in [0.29, 0.717) is 10.7 Å². The summed E-state index contributed by atoms with van der Waals surface area (Å²) in [6.07, 6.45) is 0.0366. The van der Waals surface area contributed by atoms with E-state index in [1.807, 2.05) is 54.6 Å². The molecule has 0 fully saturated rings. The summed E-state index contributed by atoms with van der Waals surface area (Å²) in [5, 5.41) is 6.13. The van der Waals surface area contributed by atoms with Gasteiger partial charge in [0.05, 0.1) is 18.2 Å². The van der Waals surface area contributed by atoms with Crippen LogP contribution in [-0.4, -0.2) is 11.9 Å². The lowest BCUT2D eigenvalue weighted by atomic mass is 10.0. The summed E-state index contributed by atoms with van der Waals surface area (Å²) >= 11 is 7.49. The average Bonchev–Trinajstić information content (AvgIpc) is 2.70. The number of carbonyl (C=O) groups excluding carboxylic acids is 2. The van der Waals surface area contributed by atoms with Crippen LogP contribution in [0.1, 0.15) is 18.0 Å². The van der Waals surface area contributed by atoms with Crippen LogP contribution in [0, 0.1) is 0 Å². The van der Waals surface area contributed by atoms with Crippen LogP contribution in [-0.2, 0) is 4.79 Å². The molecule has 0 spiro atoms. The second-order valence-corrected chi connectivity index (χ2v) is 7.83. The van der Waals surface area contributed by atoms with Gasteiger partial charge in [0.2, 0.25) is 5.91 Å².